The molecule has 4 aliphatic carbocycles. The zero-order chi connectivity index (χ0) is 21.5. The van der Waals surface area contributed by atoms with Crippen LogP contribution in [0.4, 0.5) is 0 Å². The molecule has 0 aromatic carbocycles. The molecule has 0 aromatic rings. The molecular weight excluding hydrogens is 364 g/mol. The quantitative estimate of drug-likeness (QED) is 0.385. The molecule has 0 spiro atoms. The maximum Gasteiger partial charge on any atom is 0.137 e. The van der Waals surface area contributed by atoms with Crippen LogP contribution in [0, 0.1) is 52.3 Å². The molecule has 3 saturated carbocycles. The second-order valence-corrected chi connectivity index (χ2v) is 12.5. The van der Waals surface area contributed by atoms with Gasteiger partial charge >= 0.3 is 0 Å². The lowest BCUT2D eigenvalue weighted by Gasteiger charge is -2.59. The molecule has 0 aliphatic heterocycles. The van der Waals surface area contributed by atoms with Crippen molar-refractivity contribution in [1.29, 1.82) is 0 Å². The normalized spacial score (nSPS) is 44.8. The van der Waals surface area contributed by atoms with Crippen molar-refractivity contribution in [3.63, 3.8) is 0 Å². The van der Waals surface area contributed by atoms with E-state index in [2.05, 4.69) is 46.8 Å². The van der Waals surface area contributed by atoms with Gasteiger partial charge in [-0.15, -0.1) is 0 Å². The maximum atomic E-state index is 13.2. The minimum Gasteiger partial charge on any atom is -0.299 e. The number of hydrogen-bond acceptors (Lipinski definition) is 1. The topological polar surface area (TPSA) is 17.1 Å². The molecule has 4 aliphatic rings. The molecule has 0 heterocycles. The standard InChI is InChI=1S/C29H48O/c1-6-10-20(2)11-9-12-21(3)23-14-15-24-22-19-27(30)26-13-7-8-17-28(26,4)25(22)16-18-29(23,24)5/h7-8,20-26H,6,9-19H2,1-5H3/t20?,21-,22+,23-,24+,25+,26-,28-,29-/m1/s1. The van der Waals surface area contributed by atoms with Crippen LogP contribution in [-0.2, 0) is 4.79 Å². The fraction of sp³-hybridized carbons (Fsp3) is 0.897. The summed E-state index contributed by atoms with van der Waals surface area (Å²) in [6.07, 6.45) is 20.3. The first kappa shape index (κ1) is 22.6. The Morgan fingerprint density at radius 2 is 1.77 bits per heavy atom. The second-order valence-electron chi connectivity index (χ2n) is 12.5. The van der Waals surface area contributed by atoms with E-state index >= 15 is 0 Å². The van der Waals surface area contributed by atoms with E-state index in [1.807, 2.05) is 0 Å². The smallest absolute Gasteiger partial charge is 0.137 e. The average Bonchev–Trinajstić information content (AvgIpc) is 3.05. The molecule has 30 heavy (non-hydrogen) atoms. The van der Waals surface area contributed by atoms with Crippen LogP contribution in [0.1, 0.15) is 112 Å². The van der Waals surface area contributed by atoms with Gasteiger partial charge in [0.2, 0.25) is 0 Å². The Hall–Kier alpha value is -0.590. The summed E-state index contributed by atoms with van der Waals surface area (Å²) < 4.78 is 0. The lowest BCUT2D eigenvalue weighted by atomic mass is 9.45. The van der Waals surface area contributed by atoms with Crippen molar-refractivity contribution in [3.05, 3.63) is 12.2 Å². The van der Waals surface area contributed by atoms with Crippen molar-refractivity contribution in [3.8, 4) is 0 Å². The van der Waals surface area contributed by atoms with E-state index in [1.54, 1.807) is 0 Å². The van der Waals surface area contributed by atoms with Gasteiger partial charge in [-0.1, -0.05) is 78.9 Å². The predicted octanol–water partition coefficient (Wildman–Crippen LogP) is 8.23. The van der Waals surface area contributed by atoms with Crippen molar-refractivity contribution < 1.29 is 4.79 Å². The number of carbonyl (C=O) groups excluding carboxylic acids is 1. The fourth-order valence-corrected chi connectivity index (χ4v) is 9.26. The van der Waals surface area contributed by atoms with E-state index in [9.17, 15) is 4.79 Å². The van der Waals surface area contributed by atoms with Gasteiger partial charge < -0.3 is 0 Å². The van der Waals surface area contributed by atoms with E-state index in [1.165, 1.54) is 57.8 Å². The maximum absolute atomic E-state index is 13.2. The van der Waals surface area contributed by atoms with E-state index in [-0.39, 0.29) is 5.41 Å². The van der Waals surface area contributed by atoms with Crippen LogP contribution in [0.3, 0.4) is 0 Å². The first-order valence-corrected chi connectivity index (χ1v) is 13.5. The Morgan fingerprint density at radius 3 is 2.53 bits per heavy atom. The van der Waals surface area contributed by atoms with E-state index in [0.717, 1.165) is 48.9 Å². The number of carbonyl (C=O) groups is 1. The zero-order valence-electron chi connectivity index (χ0n) is 20.6. The van der Waals surface area contributed by atoms with Crippen LogP contribution >= 0.6 is 0 Å². The molecule has 0 radical (unpaired) electrons. The van der Waals surface area contributed by atoms with Crippen LogP contribution in [0.5, 0.6) is 0 Å². The van der Waals surface area contributed by atoms with Gasteiger partial charge in [0.05, 0.1) is 0 Å². The van der Waals surface area contributed by atoms with E-state index in [0.29, 0.717) is 23.0 Å². The molecule has 0 N–H and O–H groups in total. The molecule has 9 atom stereocenters. The molecule has 3 fully saturated rings. The molecule has 1 heteroatoms. The van der Waals surface area contributed by atoms with Crippen molar-refractivity contribution in [2.45, 2.75) is 112 Å². The molecule has 0 amide bonds. The number of ketones is 1. The minimum absolute atomic E-state index is 0.245. The number of Topliss-reactive ketones (excluding diaryl/α,β-unsaturated/α-hetero) is 1. The van der Waals surface area contributed by atoms with Crippen LogP contribution in [0.25, 0.3) is 0 Å². The van der Waals surface area contributed by atoms with Gasteiger partial charge in [0, 0.05) is 12.3 Å². The molecule has 1 nitrogen and oxygen atoms in total. The summed E-state index contributed by atoms with van der Waals surface area (Å²) in [6.45, 7) is 12.4. The highest BCUT2D eigenvalue weighted by Gasteiger charge is 2.61. The predicted molar refractivity (Wildman–Crippen MR) is 127 cm³/mol. The van der Waals surface area contributed by atoms with Crippen molar-refractivity contribution in [2.24, 2.45) is 52.3 Å². The summed E-state index contributed by atoms with van der Waals surface area (Å²) >= 11 is 0. The van der Waals surface area contributed by atoms with Gasteiger partial charge in [0.15, 0.2) is 0 Å². The highest BCUT2D eigenvalue weighted by molar-refractivity contribution is 5.83. The molecule has 4 rings (SSSR count). The third-order valence-electron chi connectivity index (χ3n) is 10.9. The van der Waals surface area contributed by atoms with Crippen molar-refractivity contribution in [2.75, 3.05) is 0 Å². The van der Waals surface area contributed by atoms with Crippen LogP contribution in [0.2, 0.25) is 0 Å². The summed E-state index contributed by atoms with van der Waals surface area (Å²) in [7, 11) is 0. The SMILES string of the molecule is CCCC(C)CCC[C@@H](C)[C@H]1CC[C@H]2[C@@H]3CC(=O)[C@H]4CC=CC[C@]4(C)[C@H]3CC[C@]12C. The van der Waals surface area contributed by atoms with Gasteiger partial charge in [-0.2, -0.15) is 0 Å². The number of fused-ring (bicyclic) bond motifs is 5. The summed E-state index contributed by atoms with van der Waals surface area (Å²) in [5.74, 6) is 5.81. The van der Waals surface area contributed by atoms with Crippen LogP contribution < -0.4 is 0 Å². The highest BCUT2D eigenvalue weighted by Crippen LogP contribution is 2.67. The molecular formula is C29H48O. The van der Waals surface area contributed by atoms with Gasteiger partial charge in [-0.05, 0) is 84.9 Å². The third kappa shape index (κ3) is 3.75. The van der Waals surface area contributed by atoms with Gasteiger partial charge in [-0.25, -0.2) is 0 Å². The second kappa shape index (κ2) is 8.74. The van der Waals surface area contributed by atoms with Crippen LogP contribution in [0.15, 0.2) is 12.2 Å². The van der Waals surface area contributed by atoms with Crippen molar-refractivity contribution in [1.82, 2.24) is 0 Å². The minimum atomic E-state index is 0.245. The molecule has 1 unspecified atom stereocenters. The zero-order valence-corrected chi connectivity index (χ0v) is 20.6. The Labute approximate surface area is 186 Å². The fourth-order valence-electron chi connectivity index (χ4n) is 9.26. The van der Waals surface area contributed by atoms with Gasteiger partial charge in [-0.3, -0.25) is 4.79 Å². The molecule has 0 saturated heterocycles. The average molecular weight is 413 g/mol. The first-order chi connectivity index (χ1) is 14.3. The highest BCUT2D eigenvalue weighted by atomic mass is 16.1. The lowest BCUT2D eigenvalue weighted by Crippen LogP contribution is -2.55. The summed E-state index contributed by atoms with van der Waals surface area (Å²) in [4.78, 5) is 13.2. The van der Waals surface area contributed by atoms with Crippen LogP contribution in [-0.4, -0.2) is 5.78 Å². The monoisotopic (exact) mass is 412 g/mol. The van der Waals surface area contributed by atoms with E-state index < -0.39 is 0 Å². The molecule has 0 bridgehead atoms. The van der Waals surface area contributed by atoms with Gasteiger partial charge in [0.1, 0.15) is 5.78 Å². The number of allylic oxidation sites excluding steroid dienone is 2. The largest absolute Gasteiger partial charge is 0.299 e. The first-order valence-electron chi connectivity index (χ1n) is 13.5. The summed E-state index contributed by atoms with van der Waals surface area (Å²) in [5.41, 5.74) is 0.735. The Morgan fingerprint density at radius 1 is 1.00 bits per heavy atom. The molecule has 170 valence electrons. The lowest BCUT2D eigenvalue weighted by molar-refractivity contribution is -0.149. The summed E-state index contributed by atoms with van der Waals surface area (Å²) in [6, 6.07) is 0. The Bertz CT molecular complexity index is 649. The van der Waals surface area contributed by atoms with E-state index in [4.69, 9.17) is 0 Å². The third-order valence-corrected chi connectivity index (χ3v) is 10.9. The number of hydrogen-bond donors (Lipinski definition) is 0. The Kier molecular flexibility index (Phi) is 6.59. The summed E-state index contributed by atoms with van der Waals surface area (Å²) in [5, 5.41) is 0. The Balaban J connectivity index is 1.44. The molecule has 0 aromatic heterocycles. The van der Waals surface area contributed by atoms with Gasteiger partial charge in [0.25, 0.3) is 0 Å². The van der Waals surface area contributed by atoms with Crippen molar-refractivity contribution >= 4 is 5.78 Å². The number of rotatable bonds is 7.